The minimum absolute atomic E-state index is 0.0593. The molecule has 158 valence electrons. The third-order valence-electron chi connectivity index (χ3n) is 3.72. The standard InChI is InChI=1S/C19H16Br2N2O6S/c1-27-15-13(7-11(20)8-14(15)21)16(24)23-19(30)22-12-5-9(17(25)28-2)4-10(6-12)18(26)29-3/h4-8H,1-3H3,(H2,22,23,24,30). The highest BCUT2D eigenvalue weighted by atomic mass is 79.9. The lowest BCUT2D eigenvalue weighted by Gasteiger charge is -2.14. The van der Waals surface area contributed by atoms with E-state index < -0.39 is 17.8 Å². The third-order valence-corrected chi connectivity index (χ3v) is 4.97. The van der Waals surface area contributed by atoms with Crippen LogP contribution in [0.15, 0.2) is 39.3 Å². The summed E-state index contributed by atoms with van der Waals surface area (Å²) in [6.45, 7) is 0. The minimum atomic E-state index is -0.650. The molecule has 2 aromatic carbocycles. The number of nitrogens with one attached hydrogen (secondary N) is 2. The maximum Gasteiger partial charge on any atom is 0.337 e. The lowest BCUT2D eigenvalue weighted by Crippen LogP contribution is -2.34. The van der Waals surface area contributed by atoms with Gasteiger partial charge in [-0.3, -0.25) is 10.1 Å². The Morgan fingerprint density at radius 2 is 1.47 bits per heavy atom. The van der Waals surface area contributed by atoms with E-state index in [2.05, 4.69) is 42.5 Å². The molecule has 30 heavy (non-hydrogen) atoms. The van der Waals surface area contributed by atoms with Gasteiger partial charge in [0, 0.05) is 10.2 Å². The van der Waals surface area contributed by atoms with Gasteiger partial charge < -0.3 is 19.5 Å². The van der Waals surface area contributed by atoms with Crippen molar-refractivity contribution >= 4 is 72.7 Å². The van der Waals surface area contributed by atoms with Crippen LogP contribution in [0.5, 0.6) is 5.75 Å². The quantitative estimate of drug-likeness (QED) is 0.420. The van der Waals surface area contributed by atoms with Crippen LogP contribution in [0.2, 0.25) is 0 Å². The van der Waals surface area contributed by atoms with Gasteiger partial charge in [-0.2, -0.15) is 0 Å². The summed E-state index contributed by atoms with van der Waals surface area (Å²) in [5.74, 6) is -1.49. The monoisotopic (exact) mass is 558 g/mol. The molecule has 0 fully saturated rings. The predicted octanol–water partition coefficient (Wildman–Crippen LogP) is 3.92. The van der Waals surface area contributed by atoms with Crippen LogP contribution in [0.25, 0.3) is 0 Å². The van der Waals surface area contributed by atoms with Crippen molar-refractivity contribution in [3.63, 3.8) is 0 Å². The van der Waals surface area contributed by atoms with Crippen LogP contribution in [0.3, 0.4) is 0 Å². The van der Waals surface area contributed by atoms with E-state index in [1.54, 1.807) is 12.1 Å². The molecule has 0 aliphatic rings. The number of benzene rings is 2. The zero-order valence-corrected chi connectivity index (χ0v) is 20.0. The summed E-state index contributed by atoms with van der Waals surface area (Å²) in [7, 11) is 3.87. The van der Waals surface area contributed by atoms with Crippen molar-refractivity contribution in [1.82, 2.24) is 5.32 Å². The summed E-state index contributed by atoms with van der Waals surface area (Å²) in [6, 6.07) is 7.49. The number of carbonyl (C=O) groups excluding carboxylic acids is 3. The van der Waals surface area contributed by atoms with Gasteiger partial charge in [-0.25, -0.2) is 9.59 Å². The van der Waals surface area contributed by atoms with E-state index in [0.29, 0.717) is 14.7 Å². The van der Waals surface area contributed by atoms with E-state index in [9.17, 15) is 14.4 Å². The molecular formula is C19H16Br2N2O6S. The van der Waals surface area contributed by atoms with Gasteiger partial charge in [-0.05, 0) is 58.5 Å². The second-order valence-corrected chi connectivity index (χ2v) is 7.84. The third kappa shape index (κ3) is 5.77. The smallest absolute Gasteiger partial charge is 0.337 e. The molecule has 2 rings (SSSR count). The first-order valence-electron chi connectivity index (χ1n) is 8.17. The molecule has 11 heteroatoms. The van der Waals surface area contributed by atoms with E-state index in [-0.39, 0.29) is 27.5 Å². The zero-order valence-electron chi connectivity index (χ0n) is 16.0. The van der Waals surface area contributed by atoms with E-state index in [0.717, 1.165) is 0 Å². The van der Waals surface area contributed by atoms with Crippen LogP contribution >= 0.6 is 44.1 Å². The van der Waals surface area contributed by atoms with Gasteiger partial charge in [0.1, 0.15) is 5.75 Å². The Kier molecular flexibility index (Phi) is 8.33. The first kappa shape index (κ1) is 23.8. The number of carbonyl (C=O) groups is 3. The van der Waals surface area contributed by atoms with Crippen LogP contribution in [0, 0.1) is 0 Å². The maximum atomic E-state index is 12.7. The van der Waals surface area contributed by atoms with Gasteiger partial charge in [0.2, 0.25) is 0 Å². The highest BCUT2D eigenvalue weighted by Crippen LogP contribution is 2.32. The largest absolute Gasteiger partial charge is 0.495 e. The highest BCUT2D eigenvalue weighted by Gasteiger charge is 2.19. The topological polar surface area (TPSA) is 103 Å². The molecule has 0 aliphatic carbocycles. The molecule has 0 heterocycles. The molecule has 8 nitrogen and oxygen atoms in total. The summed E-state index contributed by atoms with van der Waals surface area (Å²) < 4.78 is 15.9. The average Bonchev–Trinajstić information content (AvgIpc) is 2.71. The number of thiocarbonyl (C=S) groups is 1. The highest BCUT2D eigenvalue weighted by molar-refractivity contribution is 9.11. The number of hydrogen-bond donors (Lipinski definition) is 2. The first-order chi connectivity index (χ1) is 14.2. The van der Waals surface area contributed by atoms with Crippen molar-refractivity contribution in [2.45, 2.75) is 0 Å². The van der Waals surface area contributed by atoms with Gasteiger partial charge >= 0.3 is 11.9 Å². The molecule has 0 radical (unpaired) electrons. The number of amides is 1. The van der Waals surface area contributed by atoms with Gasteiger partial charge in [0.15, 0.2) is 5.11 Å². The fourth-order valence-electron chi connectivity index (χ4n) is 2.44. The molecule has 0 saturated carbocycles. The summed E-state index contributed by atoms with van der Waals surface area (Å²) >= 11 is 11.8. The van der Waals surface area contributed by atoms with Crippen molar-refractivity contribution in [2.75, 3.05) is 26.6 Å². The molecule has 0 bridgehead atoms. The summed E-state index contributed by atoms with van der Waals surface area (Å²) in [6.07, 6.45) is 0. The lowest BCUT2D eigenvalue weighted by atomic mass is 10.1. The number of esters is 2. The van der Waals surface area contributed by atoms with Gasteiger partial charge in [0.05, 0.1) is 42.5 Å². The van der Waals surface area contributed by atoms with Gasteiger partial charge in [-0.1, -0.05) is 15.9 Å². The van der Waals surface area contributed by atoms with Crippen LogP contribution in [-0.4, -0.2) is 44.3 Å². The fraction of sp³-hybridized carbons (Fsp3) is 0.158. The summed E-state index contributed by atoms with van der Waals surface area (Å²) in [5.41, 5.74) is 0.733. The first-order valence-corrected chi connectivity index (χ1v) is 10.2. The molecule has 0 saturated heterocycles. The average molecular weight is 560 g/mol. The van der Waals surface area contributed by atoms with Crippen molar-refractivity contribution < 1.29 is 28.6 Å². The number of methoxy groups -OCH3 is 3. The van der Waals surface area contributed by atoms with Crippen molar-refractivity contribution in [2.24, 2.45) is 0 Å². The van der Waals surface area contributed by atoms with E-state index in [1.807, 2.05) is 0 Å². The maximum absolute atomic E-state index is 12.7. The second kappa shape index (κ2) is 10.5. The van der Waals surface area contributed by atoms with Crippen LogP contribution < -0.4 is 15.4 Å². The van der Waals surface area contributed by atoms with Crippen molar-refractivity contribution in [3.8, 4) is 5.75 Å². The lowest BCUT2D eigenvalue weighted by molar-refractivity contribution is 0.0599. The Labute approximate surface area is 194 Å². The molecular weight excluding hydrogens is 544 g/mol. The van der Waals surface area contributed by atoms with Crippen LogP contribution in [-0.2, 0) is 9.47 Å². The Morgan fingerprint density at radius 3 is 1.97 bits per heavy atom. The molecule has 1 amide bonds. The number of halogens is 2. The SMILES string of the molecule is COC(=O)c1cc(NC(=S)NC(=O)c2cc(Br)cc(Br)c2OC)cc(C(=O)OC)c1. The minimum Gasteiger partial charge on any atom is -0.495 e. The normalized spacial score (nSPS) is 10.0. The number of ether oxygens (including phenoxy) is 3. The van der Waals surface area contributed by atoms with Gasteiger partial charge in [0.25, 0.3) is 5.91 Å². The van der Waals surface area contributed by atoms with Crippen molar-refractivity contribution in [1.29, 1.82) is 0 Å². The summed E-state index contributed by atoms with van der Waals surface area (Å²) in [4.78, 5) is 36.4. The molecule has 2 N–H and O–H groups in total. The van der Waals surface area contributed by atoms with E-state index >= 15 is 0 Å². The fourth-order valence-corrected chi connectivity index (χ4v) is 4.04. The van der Waals surface area contributed by atoms with Crippen molar-refractivity contribution in [3.05, 3.63) is 56.0 Å². The van der Waals surface area contributed by atoms with E-state index in [4.69, 9.17) is 26.4 Å². The Bertz CT molecular complexity index is 994. The van der Waals surface area contributed by atoms with E-state index in [1.165, 1.54) is 39.5 Å². The molecule has 0 aromatic heterocycles. The second-order valence-electron chi connectivity index (χ2n) is 5.66. The predicted molar refractivity (Wildman–Crippen MR) is 121 cm³/mol. The summed E-state index contributed by atoms with van der Waals surface area (Å²) in [5, 5.41) is 5.24. The van der Waals surface area contributed by atoms with Crippen LogP contribution in [0.4, 0.5) is 5.69 Å². The molecule has 0 aliphatic heterocycles. The number of anilines is 1. The molecule has 0 atom stereocenters. The Morgan fingerprint density at radius 1 is 0.900 bits per heavy atom. The molecule has 2 aromatic rings. The number of hydrogen-bond acceptors (Lipinski definition) is 7. The Hall–Kier alpha value is -2.50. The molecule has 0 spiro atoms. The zero-order chi connectivity index (χ0) is 22.4. The number of rotatable bonds is 5. The Balaban J connectivity index is 2.27. The van der Waals surface area contributed by atoms with Crippen LogP contribution in [0.1, 0.15) is 31.1 Å². The van der Waals surface area contributed by atoms with Gasteiger partial charge in [-0.15, -0.1) is 0 Å². The molecule has 0 unspecified atom stereocenters.